The second-order valence-electron chi connectivity index (χ2n) is 3.54. The zero-order valence-corrected chi connectivity index (χ0v) is 9.18. The van der Waals surface area contributed by atoms with E-state index in [0.29, 0.717) is 19.8 Å². The molecule has 0 aromatic carbocycles. The molecule has 0 saturated heterocycles. The third-order valence-corrected chi connectivity index (χ3v) is 5.23. The van der Waals surface area contributed by atoms with Crippen molar-refractivity contribution in [3.63, 3.8) is 0 Å². The fourth-order valence-corrected chi connectivity index (χ4v) is 3.20. The Bertz CT molecular complexity index is 119. The van der Waals surface area contributed by atoms with E-state index < -0.39 is 0 Å². The van der Waals surface area contributed by atoms with Gasteiger partial charge in [0.05, 0.1) is 0 Å². The van der Waals surface area contributed by atoms with Gasteiger partial charge < -0.3 is 0 Å². The summed E-state index contributed by atoms with van der Waals surface area (Å²) in [5, 5.41) is 10.2. The molecule has 0 amide bonds. The monoisotopic (exact) mass is 222 g/mol. The number of aliphatic hydroxyl groups is 1. The van der Waals surface area contributed by atoms with Gasteiger partial charge in [0, 0.05) is 0 Å². The van der Waals surface area contributed by atoms with Gasteiger partial charge in [-0.25, -0.2) is 0 Å². The molecule has 0 spiro atoms. The number of hydrogen-bond acceptors (Lipinski definition) is 1. The van der Waals surface area contributed by atoms with Crippen molar-refractivity contribution in [3.05, 3.63) is 0 Å². The van der Waals surface area contributed by atoms with Crippen LogP contribution in [-0.2, 0) is 0 Å². The van der Waals surface area contributed by atoms with Crippen LogP contribution in [0.5, 0.6) is 0 Å². The third-order valence-electron chi connectivity index (χ3n) is 2.83. The Balaban J connectivity index is 2.49. The number of hydrogen-bond donors (Lipinski definition) is 1. The quantitative estimate of drug-likeness (QED) is 0.709. The van der Waals surface area contributed by atoms with Crippen molar-refractivity contribution in [2.75, 3.05) is 0 Å². The third kappa shape index (κ3) is 2.21. The molecule has 0 heterocycles. The molecule has 1 atom stereocenters. The maximum atomic E-state index is 10.2. The van der Waals surface area contributed by atoms with Crippen molar-refractivity contribution < 1.29 is 5.11 Å². The Morgan fingerprint density at radius 1 is 1.27 bits per heavy atom. The molecule has 0 bridgehead atoms. The molecule has 1 nitrogen and oxygen atoms in total. The van der Waals surface area contributed by atoms with Gasteiger partial charge in [-0.2, -0.15) is 0 Å². The summed E-state index contributed by atoms with van der Waals surface area (Å²) in [7, 11) is 0. The Kier molecular flexibility index (Phi) is 3.42. The van der Waals surface area contributed by atoms with Crippen molar-refractivity contribution in [1.29, 1.82) is 0 Å². The van der Waals surface area contributed by atoms with Crippen LogP contribution in [0.2, 0.25) is 10.6 Å². The van der Waals surface area contributed by atoms with Gasteiger partial charge in [0.1, 0.15) is 0 Å². The summed E-state index contributed by atoms with van der Waals surface area (Å²) >= 11 is 0.603. The fraction of sp³-hybridized carbons (Fsp3) is 1.00. The van der Waals surface area contributed by atoms with E-state index >= 15 is 0 Å². The molecule has 66 valence electrons. The first-order chi connectivity index (χ1) is 5.19. The van der Waals surface area contributed by atoms with E-state index in [1.165, 1.54) is 19.3 Å². The van der Waals surface area contributed by atoms with Crippen LogP contribution >= 0.6 is 0 Å². The van der Waals surface area contributed by atoms with Gasteiger partial charge in [-0.3, -0.25) is 0 Å². The Morgan fingerprint density at radius 3 is 2.27 bits per heavy atom. The van der Waals surface area contributed by atoms with Gasteiger partial charge in [-0.1, -0.05) is 0 Å². The summed E-state index contributed by atoms with van der Waals surface area (Å²) in [5.74, 6) is 2.23. The minimum absolute atomic E-state index is 0.285. The summed E-state index contributed by atoms with van der Waals surface area (Å²) < 4.78 is 0. The van der Waals surface area contributed by atoms with E-state index in [0.717, 1.165) is 12.8 Å². The molecule has 1 aliphatic rings. The van der Waals surface area contributed by atoms with Crippen LogP contribution in [0.1, 0.15) is 39.0 Å². The van der Waals surface area contributed by atoms with Crippen LogP contribution in [0.4, 0.5) is 0 Å². The topological polar surface area (TPSA) is 20.2 Å². The second-order valence-corrected chi connectivity index (χ2v) is 6.01. The molecule has 0 aliphatic heterocycles. The molecule has 1 N–H and O–H groups in total. The summed E-state index contributed by atoms with van der Waals surface area (Å²) in [4.78, 5) is 0.551. The van der Waals surface area contributed by atoms with E-state index in [1.807, 2.05) is 0 Å². The molecular weight excluding hydrogens is 203 g/mol. The van der Waals surface area contributed by atoms with E-state index in [4.69, 9.17) is 0 Å². The summed E-state index contributed by atoms with van der Waals surface area (Å²) in [6.45, 7) is 2.20. The maximum absolute atomic E-state index is 10.2. The molecule has 1 rings (SSSR count). The van der Waals surface area contributed by atoms with Gasteiger partial charge in [0.25, 0.3) is 0 Å². The molecule has 1 unspecified atom stereocenters. The van der Waals surface area contributed by atoms with Crippen molar-refractivity contribution in [2.45, 2.75) is 55.3 Å². The molecule has 0 aromatic rings. The molecule has 0 radical (unpaired) electrons. The molecule has 0 aromatic heterocycles. The van der Waals surface area contributed by atoms with Gasteiger partial charge in [-0.05, 0) is 0 Å². The number of rotatable bonds is 2. The zero-order valence-electron chi connectivity index (χ0n) is 7.47. The van der Waals surface area contributed by atoms with Crippen LogP contribution in [0.3, 0.4) is 0 Å². The molecule has 1 saturated carbocycles. The van der Waals surface area contributed by atoms with Crippen LogP contribution in [0, 0.1) is 0 Å². The first-order valence-electron chi connectivity index (χ1n) is 4.44. The molecule has 2 heteroatoms. The Hall–Kier alpha value is 0.479. The van der Waals surface area contributed by atoms with Gasteiger partial charge >= 0.3 is 75.3 Å². The van der Waals surface area contributed by atoms with E-state index in [2.05, 4.69) is 12.7 Å². The van der Waals surface area contributed by atoms with Gasteiger partial charge in [0.15, 0.2) is 0 Å². The Morgan fingerprint density at radius 2 is 1.82 bits per heavy atom. The fourth-order valence-electron chi connectivity index (χ4n) is 1.79. The van der Waals surface area contributed by atoms with E-state index in [9.17, 15) is 5.11 Å². The summed E-state index contributed by atoms with van der Waals surface area (Å²) in [5.41, 5.74) is -0.285. The SMILES string of the molecule is C[Se]C(C)C1(O)CCCCC1. The van der Waals surface area contributed by atoms with Crippen LogP contribution in [0.25, 0.3) is 0 Å². The first kappa shape index (κ1) is 9.57. The average Bonchev–Trinajstić information content (AvgIpc) is 2.04. The standard InChI is InChI=1S/C9H18OSe/c1-8(11-2)9(10)6-4-3-5-7-9/h8,10H,3-7H2,1-2H3. The predicted molar refractivity (Wildman–Crippen MR) is 49.1 cm³/mol. The summed E-state index contributed by atoms with van der Waals surface area (Å²) in [6, 6.07) is 0. The van der Waals surface area contributed by atoms with Crippen LogP contribution in [-0.4, -0.2) is 25.7 Å². The summed E-state index contributed by atoms with van der Waals surface area (Å²) in [6.07, 6.45) is 5.88. The average molecular weight is 221 g/mol. The van der Waals surface area contributed by atoms with Gasteiger partial charge in [-0.15, -0.1) is 0 Å². The van der Waals surface area contributed by atoms with Crippen molar-refractivity contribution in [1.82, 2.24) is 0 Å². The van der Waals surface area contributed by atoms with Crippen LogP contribution < -0.4 is 0 Å². The zero-order chi connectivity index (χ0) is 8.32. The predicted octanol–water partition coefficient (Wildman–Crippen LogP) is 2.24. The molecule has 11 heavy (non-hydrogen) atoms. The molecular formula is C9H18OSe. The second kappa shape index (κ2) is 3.93. The van der Waals surface area contributed by atoms with Crippen LogP contribution in [0.15, 0.2) is 0 Å². The minimum atomic E-state index is -0.285. The normalized spacial score (nSPS) is 26.5. The van der Waals surface area contributed by atoms with E-state index in [1.54, 1.807) is 0 Å². The first-order valence-corrected chi connectivity index (χ1v) is 7.14. The molecule has 1 aliphatic carbocycles. The van der Waals surface area contributed by atoms with Crippen molar-refractivity contribution in [3.8, 4) is 0 Å². The Labute approximate surface area is 75.7 Å². The van der Waals surface area contributed by atoms with E-state index in [-0.39, 0.29) is 5.60 Å². The van der Waals surface area contributed by atoms with Crippen molar-refractivity contribution in [2.24, 2.45) is 0 Å². The van der Waals surface area contributed by atoms with Crippen molar-refractivity contribution >= 4 is 15.0 Å². The molecule has 1 fully saturated rings. The van der Waals surface area contributed by atoms with Gasteiger partial charge in [0.2, 0.25) is 0 Å².